The van der Waals surface area contributed by atoms with Crippen LogP contribution in [-0.2, 0) is 9.53 Å². The maximum absolute atomic E-state index is 11.0. The highest BCUT2D eigenvalue weighted by atomic mass is 16.5. The first-order valence-electron chi connectivity index (χ1n) is 5.92. The Labute approximate surface area is 93.6 Å². The standard InChI is InChI=1S/C12H25NO2/c1-11(2)8-6-4-5-7-9-13-12(14)10-15-3/h11H,4-10H2,1-3H3,(H,13,14). The summed E-state index contributed by atoms with van der Waals surface area (Å²) in [6.45, 7) is 5.47. The lowest BCUT2D eigenvalue weighted by Gasteiger charge is -2.05. The lowest BCUT2D eigenvalue weighted by Crippen LogP contribution is -2.27. The summed E-state index contributed by atoms with van der Waals surface area (Å²) < 4.78 is 4.71. The topological polar surface area (TPSA) is 38.3 Å². The number of rotatable bonds is 9. The van der Waals surface area contributed by atoms with Crippen LogP contribution in [0.4, 0.5) is 0 Å². The molecule has 0 aliphatic carbocycles. The fraction of sp³-hybridized carbons (Fsp3) is 0.917. The van der Waals surface area contributed by atoms with E-state index in [4.69, 9.17) is 4.74 Å². The second-order valence-electron chi connectivity index (χ2n) is 4.38. The molecule has 0 aromatic heterocycles. The van der Waals surface area contributed by atoms with Crippen molar-refractivity contribution in [2.24, 2.45) is 5.92 Å². The molecule has 0 bridgehead atoms. The molecule has 0 aromatic rings. The lowest BCUT2D eigenvalue weighted by atomic mass is 10.0. The van der Waals surface area contributed by atoms with Gasteiger partial charge < -0.3 is 10.1 Å². The number of amides is 1. The van der Waals surface area contributed by atoms with E-state index in [1.165, 1.54) is 32.8 Å². The van der Waals surface area contributed by atoms with Gasteiger partial charge in [0.05, 0.1) is 0 Å². The Bertz CT molecular complexity index is 158. The summed E-state index contributed by atoms with van der Waals surface area (Å²) in [5.41, 5.74) is 0. The molecule has 0 rings (SSSR count). The van der Waals surface area contributed by atoms with Gasteiger partial charge in [-0.05, 0) is 12.3 Å². The number of hydrogen-bond donors (Lipinski definition) is 1. The lowest BCUT2D eigenvalue weighted by molar-refractivity contribution is -0.124. The zero-order chi connectivity index (χ0) is 11.5. The second kappa shape index (κ2) is 9.97. The number of nitrogens with one attached hydrogen (secondary N) is 1. The van der Waals surface area contributed by atoms with Gasteiger partial charge in [0.15, 0.2) is 0 Å². The van der Waals surface area contributed by atoms with Gasteiger partial charge >= 0.3 is 0 Å². The predicted octanol–water partition coefficient (Wildman–Crippen LogP) is 2.36. The third kappa shape index (κ3) is 11.4. The first-order valence-corrected chi connectivity index (χ1v) is 5.92. The van der Waals surface area contributed by atoms with Crippen LogP contribution in [0.2, 0.25) is 0 Å². The molecule has 0 radical (unpaired) electrons. The van der Waals surface area contributed by atoms with Crippen molar-refractivity contribution in [3.63, 3.8) is 0 Å². The van der Waals surface area contributed by atoms with Crippen LogP contribution in [0.25, 0.3) is 0 Å². The summed E-state index contributed by atoms with van der Waals surface area (Å²) in [5, 5.41) is 2.82. The molecule has 0 aliphatic rings. The molecule has 0 aromatic carbocycles. The Balaban J connectivity index is 3.08. The number of carbonyl (C=O) groups excluding carboxylic acids is 1. The van der Waals surface area contributed by atoms with Crippen LogP contribution < -0.4 is 5.32 Å². The number of ether oxygens (including phenoxy) is 1. The van der Waals surface area contributed by atoms with E-state index in [0.29, 0.717) is 0 Å². The van der Waals surface area contributed by atoms with Gasteiger partial charge in [0.2, 0.25) is 5.91 Å². The van der Waals surface area contributed by atoms with E-state index in [1.807, 2.05) is 0 Å². The van der Waals surface area contributed by atoms with Gasteiger partial charge in [-0.2, -0.15) is 0 Å². The molecule has 0 spiro atoms. The molecule has 0 aliphatic heterocycles. The average molecular weight is 215 g/mol. The summed E-state index contributed by atoms with van der Waals surface area (Å²) in [4.78, 5) is 11.0. The SMILES string of the molecule is COCC(=O)NCCCCCCC(C)C. The number of carbonyl (C=O) groups is 1. The van der Waals surface area contributed by atoms with Crippen LogP contribution in [0.5, 0.6) is 0 Å². The molecule has 0 atom stereocenters. The van der Waals surface area contributed by atoms with Gasteiger partial charge in [0.1, 0.15) is 6.61 Å². The highest BCUT2D eigenvalue weighted by Crippen LogP contribution is 2.08. The van der Waals surface area contributed by atoms with Crippen molar-refractivity contribution >= 4 is 5.91 Å². The smallest absolute Gasteiger partial charge is 0.245 e. The van der Waals surface area contributed by atoms with Crippen molar-refractivity contribution in [1.29, 1.82) is 0 Å². The van der Waals surface area contributed by atoms with Crippen molar-refractivity contribution in [3.8, 4) is 0 Å². The molecule has 0 saturated carbocycles. The summed E-state index contributed by atoms with van der Waals surface area (Å²) in [5.74, 6) is 0.797. The van der Waals surface area contributed by atoms with E-state index < -0.39 is 0 Å². The van der Waals surface area contributed by atoms with E-state index in [2.05, 4.69) is 19.2 Å². The zero-order valence-electron chi connectivity index (χ0n) is 10.3. The molecule has 0 fully saturated rings. The normalized spacial score (nSPS) is 10.7. The van der Waals surface area contributed by atoms with Crippen LogP contribution in [-0.4, -0.2) is 26.2 Å². The number of hydrogen-bond acceptors (Lipinski definition) is 2. The molecule has 15 heavy (non-hydrogen) atoms. The fourth-order valence-corrected chi connectivity index (χ4v) is 1.44. The van der Waals surface area contributed by atoms with E-state index in [9.17, 15) is 4.79 Å². The van der Waals surface area contributed by atoms with Crippen LogP contribution in [0.3, 0.4) is 0 Å². The summed E-state index contributed by atoms with van der Waals surface area (Å²) >= 11 is 0. The van der Waals surface area contributed by atoms with Crippen molar-refractivity contribution in [1.82, 2.24) is 5.32 Å². The Morgan fingerprint density at radius 3 is 2.47 bits per heavy atom. The zero-order valence-corrected chi connectivity index (χ0v) is 10.3. The molecule has 0 saturated heterocycles. The summed E-state index contributed by atoms with van der Waals surface area (Å²) in [7, 11) is 1.53. The van der Waals surface area contributed by atoms with Gasteiger partial charge in [-0.15, -0.1) is 0 Å². The predicted molar refractivity (Wildman–Crippen MR) is 62.8 cm³/mol. The van der Waals surface area contributed by atoms with Crippen LogP contribution in [0, 0.1) is 5.92 Å². The monoisotopic (exact) mass is 215 g/mol. The van der Waals surface area contributed by atoms with Crippen LogP contribution in [0.15, 0.2) is 0 Å². The van der Waals surface area contributed by atoms with Crippen LogP contribution in [0.1, 0.15) is 46.0 Å². The number of methoxy groups -OCH3 is 1. The van der Waals surface area contributed by atoms with E-state index >= 15 is 0 Å². The molecule has 3 nitrogen and oxygen atoms in total. The molecule has 0 heterocycles. The minimum atomic E-state index is -0.0142. The molecule has 3 heteroatoms. The van der Waals surface area contributed by atoms with Gasteiger partial charge in [-0.3, -0.25) is 4.79 Å². The quantitative estimate of drug-likeness (QED) is 0.600. The Morgan fingerprint density at radius 1 is 1.20 bits per heavy atom. The minimum Gasteiger partial charge on any atom is -0.375 e. The largest absolute Gasteiger partial charge is 0.375 e. The molecular weight excluding hydrogens is 190 g/mol. The van der Waals surface area contributed by atoms with Crippen molar-refractivity contribution in [2.75, 3.05) is 20.3 Å². The highest BCUT2D eigenvalue weighted by Gasteiger charge is 1.98. The van der Waals surface area contributed by atoms with Gasteiger partial charge in [0, 0.05) is 13.7 Å². The Morgan fingerprint density at radius 2 is 1.87 bits per heavy atom. The third-order valence-electron chi connectivity index (χ3n) is 2.31. The van der Waals surface area contributed by atoms with Gasteiger partial charge in [-0.25, -0.2) is 0 Å². The molecule has 1 amide bonds. The first kappa shape index (κ1) is 14.4. The Hall–Kier alpha value is -0.570. The van der Waals surface area contributed by atoms with Gasteiger partial charge in [0.25, 0.3) is 0 Å². The highest BCUT2D eigenvalue weighted by molar-refractivity contribution is 5.77. The molecule has 0 unspecified atom stereocenters. The van der Waals surface area contributed by atoms with Crippen molar-refractivity contribution < 1.29 is 9.53 Å². The van der Waals surface area contributed by atoms with E-state index in [-0.39, 0.29) is 12.5 Å². The maximum Gasteiger partial charge on any atom is 0.245 e. The minimum absolute atomic E-state index is 0.0142. The molecule has 90 valence electrons. The van der Waals surface area contributed by atoms with Gasteiger partial charge in [-0.1, -0.05) is 39.5 Å². The second-order valence-corrected chi connectivity index (χ2v) is 4.38. The van der Waals surface area contributed by atoms with E-state index in [1.54, 1.807) is 0 Å². The van der Waals surface area contributed by atoms with Crippen LogP contribution >= 0.6 is 0 Å². The van der Waals surface area contributed by atoms with Crippen molar-refractivity contribution in [2.45, 2.75) is 46.0 Å². The summed E-state index contributed by atoms with van der Waals surface area (Å²) in [6, 6.07) is 0. The fourth-order valence-electron chi connectivity index (χ4n) is 1.44. The Kier molecular flexibility index (Phi) is 9.59. The molecule has 1 N–H and O–H groups in total. The number of unbranched alkanes of at least 4 members (excludes halogenated alkanes) is 3. The van der Waals surface area contributed by atoms with E-state index in [0.717, 1.165) is 18.9 Å². The average Bonchev–Trinajstić information content (AvgIpc) is 2.16. The third-order valence-corrected chi connectivity index (χ3v) is 2.31. The maximum atomic E-state index is 11.0. The molecular formula is C12H25NO2. The van der Waals surface area contributed by atoms with Crippen molar-refractivity contribution in [3.05, 3.63) is 0 Å². The first-order chi connectivity index (χ1) is 7.16. The summed E-state index contributed by atoms with van der Waals surface area (Å²) in [6.07, 6.45) is 6.19.